The number of amidine groups is 7. The molecule has 1 unspecified atom stereocenters. The maximum Gasteiger partial charge on any atom is 0.325 e. The fourth-order valence-corrected chi connectivity index (χ4v) is 8.69. The summed E-state index contributed by atoms with van der Waals surface area (Å²) in [5.74, 6) is -1.68. The van der Waals surface area contributed by atoms with Crippen LogP contribution in [-0.4, -0.2) is 46.0 Å². The molecule has 8 aromatic rings. The third-order valence-electron chi connectivity index (χ3n) is 11.5. The summed E-state index contributed by atoms with van der Waals surface area (Å²) in [6.45, 7) is 0. The van der Waals surface area contributed by atoms with E-state index in [4.69, 9.17) is 30.0 Å². The highest BCUT2D eigenvalue weighted by Crippen LogP contribution is 2.43. The minimum absolute atomic E-state index is 0.00937. The summed E-state index contributed by atoms with van der Waals surface area (Å²) in [7, 11) is 0. The Morgan fingerprint density at radius 2 is 0.638 bits per heavy atom. The van der Waals surface area contributed by atoms with Gasteiger partial charge in [-0.25, -0.2) is 34.9 Å². The highest BCUT2D eigenvalue weighted by atomic mass is 19.2. The highest BCUT2D eigenvalue weighted by Gasteiger charge is 2.44. The van der Waals surface area contributed by atoms with Crippen molar-refractivity contribution in [3.63, 3.8) is 0 Å². The summed E-state index contributed by atoms with van der Waals surface area (Å²) < 4.78 is 35.7. The first kappa shape index (κ1) is 31.4. The van der Waals surface area contributed by atoms with Gasteiger partial charge in [0.05, 0.1) is 0 Å². The lowest BCUT2D eigenvalue weighted by molar-refractivity contribution is 0.197. The van der Waals surface area contributed by atoms with Gasteiger partial charge in [-0.1, -0.05) is 102 Å². The number of halogens is 2. The summed E-state index contributed by atoms with van der Waals surface area (Å²) >= 11 is 0. The molecule has 13 rings (SSSR count). The average molecular weight is 751 g/mol. The Labute approximate surface area is 328 Å². The predicted molar refractivity (Wildman–Crippen MR) is 227 cm³/mol. The molecule has 1 atom stereocenters. The van der Waals surface area contributed by atoms with E-state index in [2.05, 4.69) is 4.99 Å². The van der Waals surface area contributed by atoms with Gasteiger partial charge < -0.3 is 0 Å². The predicted octanol–water partition coefficient (Wildman–Crippen LogP) is 9.96. The maximum absolute atomic E-state index is 18.1. The molecule has 8 aromatic carbocycles. The van der Waals surface area contributed by atoms with E-state index in [-0.39, 0.29) is 46.4 Å². The van der Waals surface area contributed by atoms with Crippen LogP contribution in [0, 0.1) is 0 Å². The van der Waals surface area contributed by atoms with E-state index in [1.54, 1.807) is 6.07 Å². The van der Waals surface area contributed by atoms with E-state index in [0.29, 0.717) is 44.1 Å². The SMILES string of the molecule is FN1C2=NC(=NC3=NC(=NC4(F)N=C(N=C5N=C1c1cc6ccccc6cc15)c1cc5ccccc5cc14)c1cc4ccccc4cc13)c1cc3ccccc3cc12. The molecule has 8 nitrogen and oxygen atoms in total. The first-order chi connectivity index (χ1) is 28.4. The summed E-state index contributed by atoms with van der Waals surface area (Å²) in [5.41, 5.74) is 4.15. The molecular weight excluding hydrogens is 727 g/mol. The fourth-order valence-electron chi connectivity index (χ4n) is 8.69. The molecule has 0 fully saturated rings. The first-order valence-corrected chi connectivity index (χ1v) is 18.9. The van der Waals surface area contributed by atoms with E-state index in [0.717, 1.165) is 43.1 Å². The highest BCUT2D eigenvalue weighted by molar-refractivity contribution is 6.35. The van der Waals surface area contributed by atoms with E-state index in [9.17, 15) is 0 Å². The van der Waals surface area contributed by atoms with Gasteiger partial charge in [0.2, 0.25) is 0 Å². The van der Waals surface area contributed by atoms with Crippen molar-refractivity contribution in [2.24, 2.45) is 34.9 Å². The topological polar surface area (TPSA) is 89.8 Å². The number of hydrogen-bond acceptors (Lipinski definition) is 8. The monoisotopic (exact) mass is 750 g/mol. The van der Waals surface area contributed by atoms with Crippen LogP contribution in [0.2, 0.25) is 0 Å². The van der Waals surface area contributed by atoms with Crippen molar-refractivity contribution in [1.82, 2.24) is 5.12 Å². The summed E-state index contributed by atoms with van der Waals surface area (Å²) in [4.78, 5) is 34.1. The first-order valence-electron chi connectivity index (χ1n) is 18.9. The van der Waals surface area contributed by atoms with Crippen molar-refractivity contribution >= 4 is 83.9 Å². The van der Waals surface area contributed by atoms with Crippen molar-refractivity contribution in [2.45, 2.75) is 5.92 Å². The molecule has 8 bridgehead atoms. The lowest BCUT2D eigenvalue weighted by Crippen LogP contribution is -2.29. The Kier molecular flexibility index (Phi) is 6.02. The summed E-state index contributed by atoms with van der Waals surface area (Å²) in [6.07, 6.45) is 0. The average Bonchev–Trinajstić information content (AvgIpc) is 3.96. The van der Waals surface area contributed by atoms with Gasteiger partial charge in [-0.2, -0.15) is 4.39 Å². The Balaban J connectivity index is 1.14. The van der Waals surface area contributed by atoms with Crippen molar-refractivity contribution < 1.29 is 8.87 Å². The van der Waals surface area contributed by atoms with Gasteiger partial charge >= 0.3 is 5.92 Å². The zero-order valence-corrected chi connectivity index (χ0v) is 30.2. The van der Waals surface area contributed by atoms with Crippen LogP contribution in [0.25, 0.3) is 43.1 Å². The number of nitrogens with zero attached hydrogens (tertiary/aromatic N) is 8. The lowest BCUT2D eigenvalue weighted by Gasteiger charge is -2.15. The van der Waals surface area contributed by atoms with Crippen molar-refractivity contribution in [1.29, 1.82) is 0 Å². The number of hydrogen-bond donors (Lipinski definition) is 0. The summed E-state index contributed by atoms with van der Waals surface area (Å²) in [5, 5.41) is 7.74. The second-order valence-corrected chi connectivity index (χ2v) is 14.9. The molecular formula is C48H24F2N8. The van der Waals surface area contributed by atoms with Crippen LogP contribution < -0.4 is 0 Å². The normalized spacial score (nSPS) is 18.6. The molecule has 0 spiro atoms. The van der Waals surface area contributed by atoms with Crippen molar-refractivity contribution in [3.05, 3.63) is 190 Å². The molecule has 0 aliphatic carbocycles. The standard InChI is InChI=1S/C48H24F2N8/c49-48-40-24-32-16-8-7-15-31(32)23-39(40)45(57-48)53-43-36-20-28-12-4-6-14-30(28)22-38(36)47(55-43)58(50)46-37-21-29-13-5-3-11-27(29)19-35(37)42(54-46)51-41-33-17-25-9-1-2-10-26(25)18-34(33)44(52-41)56-48/h1-24H. The quantitative estimate of drug-likeness (QED) is 0.112. The van der Waals surface area contributed by atoms with Crippen LogP contribution in [0.4, 0.5) is 8.87 Å². The zero-order valence-electron chi connectivity index (χ0n) is 30.2. The summed E-state index contributed by atoms with van der Waals surface area (Å²) in [6, 6.07) is 46.6. The maximum atomic E-state index is 18.1. The Hall–Kier alpha value is -7.85. The zero-order chi connectivity index (χ0) is 38.3. The molecule has 58 heavy (non-hydrogen) atoms. The van der Waals surface area contributed by atoms with Gasteiger partial charge in [-0.15, -0.1) is 5.12 Å². The molecule has 0 radical (unpaired) electrons. The minimum Gasteiger partial charge on any atom is -0.208 e. The fraction of sp³-hybridized carbons (Fsp3) is 0.0208. The molecule has 0 saturated carbocycles. The third-order valence-corrected chi connectivity index (χ3v) is 11.5. The molecule has 0 N–H and O–H groups in total. The number of aliphatic imine (C=N–C) groups is 7. The van der Waals surface area contributed by atoms with Crippen LogP contribution in [0.3, 0.4) is 0 Å². The molecule has 270 valence electrons. The van der Waals surface area contributed by atoms with Gasteiger partial charge in [0.15, 0.2) is 40.8 Å². The van der Waals surface area contributed by atoms with Crippen LogP contribution in [0.1, 0.15) is 44.5 Å². The van der Waals surface area contributed by atoms with Gasteiger partial charge in [0.1, 0.15) is 0 Å². The molecule has 0 amide bonds. The Bertz CT molecular complexity index is 3500. The van der Waals surface area contributed by atoms with Crippen molar-refractivity contribution in [3.8, 4) is 0 Å². The van der Waals surface area contributed by atoms with Crippen LogP contribution in [0.15, 0.2) is 181 Å². The lowest BCUT2D eigenvalue weighted by atomic mass is 9.99. The van der Waals surface area contributed by atoms with E-state index in [1.807, 2.05) is 140 Å². The van der Waals surface area contributed by atoms with Crippen molar-refractivity contribution in [2.75, 3.05) is 0 Å². The molecule has 0 saturated heterocycles. The largest absolute Gasteiger partial charge is 0.325 e. The molecule has 0 aromatic heterocycles. The van der Waals surface area contributed by atoms with Gasteiger partial charge in [-0.05, 0) is 91.6 Å². The molecule has 5 heterocycles. The van der Waals surface area contributed by atoms with Crippen LogP contribution in [-0.2, 0) is 5.92 Å². The van der Waals surface area contributed by atoms with E-state index >= 15 is 8.87 Å². The third kappa shape index (κ3) is 4.39. The van der Waals surface area contributed by atoms with E-state index < -0.39 is 5.92 Å². The number of fused-ring (bicyclic) bond motifs is 20. The molecule has 5 aliphatic heterocycles. The smallest absolute Gasteiger partial charge is 0.208 e. The second kappa shape index (κ2) is 11.1. The van der Waals surface area contributed by atoms with Gasteiger partial charge in [0, 0.05) is 44.5 Å². The molecule has 5 aliphatic rings. The minimum atomic E-state index is -2.62. The Morgan fingerprint density at radius 3 is 1.07 bits per heavy atom. The second-order valence-electron chi connectivity index (χ2n) is 14.9. The number of rotatable bonds is 0. The van der Waals surface area contributed by atoms with Crippen LogP contribution >= 0.6 is 0 Å². The van der Waals surface area contributed by atoms with E-state index in [1.165, 1.54) is 0 Å². The number of alkyl halides is 1. The van der Waals surface area contributed by atoms with Crippen LogP contribution in [0.5, 0.6) is 0 Å². The molecule has 10 heteroatoms. The van der Waals surface area contributed by atoms with Gasteiger partial charge in [0.25, 0.3) is 0 Å². The van der Waals surface area contributed by atoms with Gasteiger partial charge in [-0.3, -0.25) is 0 Å². The Morgan fingerprint density at radius 1 is 0.345 bits per heavy atom. The number of benzene rings is 8.